The second-order valence-corrected chi connectivity index (χ2v) is 6.12. The van der Waals surface area contributed by atoms with Crippen molar-refractivity contribution in [2.24, 2.45) is 0 Å². The standard InChI is InChI=1S/C18H24N4O3/c1-13-4-3-7-19-17(13)21-18(23)20-12-15(16-6-5-14(2)25-16)22-8-10-24-11-9-22/h3-7,15H,8-12H2,1-2H3,(H2,19,20,21,23)/t15-/m1/s1. The van der Waals surface area contributed by atoms with Crippen LogP contribution in [0.4, 0.5) is 10.6 Å². The lowest BCUT2D eigenvalue weighted by atomic mass is 10.1. The number of carbonyl (C=O) groups excluding carboxylic acids is 1. The Morgan fingerprint density at radius 3 is 2.76 bits per heavy atom. The number of rotatable bonds is 5. The Kier molecular flexibility index (Phi) is 5.67. The van der Waals surface area contributed by atoms with Crippen LogP contribution in [0.25, 0.3) is 0 Å². The van der Waals surface area contributed by atoms with Gasteiger partial charge < -0.3 is 14.5 Å². The van der Waals surface area contributed by atoms with Gasteiger partial charge in [-0.25, -0.2) is 9.78 Å². The van der Waals surface area contributed by atoms with Crippen molar-refractivity contribution in [1.29, 1.82) is 0 Å². The maximum atomic E-state index is 12.3. The van der Waals surface area contributed by atoms with Gasteiger partial charge in [0.05, 0.1) is 19.3 Å². The molecule has 134 valence electrons. The Morgan fingerprint density at radius 1 is 1.28 bits per heavy atom. The Balaban J connectivity index is 1.63. The molecule has 1 aliphatic rings. The molecule has 0 aromatic carbocycles. The molecule has 1 atom stereocenters. The molecule has 2 amide bonds. The second-order valence-electron chi connectivity index (χ2n) is 6.12. The van der Waals surface area contributed by atoms with Crippen LogP contribution >= 0.6 is 0 Å². The molecule has 2 N–H and O–H groups in total. The maximum absolute atomic E-state index is 12.3. The first-order valence-electron chi connectivity index (χ1n) is 8.48. The second kappa shape index (κ2) is 8.13. The molecule has 0 bridgehead atoms. The highest BCUT2D eigenvalue weighted by Crippen LogP contribution is 2.23. The number of anilines is 1. The van der Waals surface area contributed by atoms with E-state index in [0.29, 0.717) is 25.6 Å². The summed E-state index contributed by atoms with van der Waals surface area (Å²) in [4.78, 5) is 18.7. The van der Waals surface area contributed by atoms with Crippen molar-refractivity contribution in [2.75, 3.05) is 38.2 Å². The third kappa shape index (κ3) is 4.58. The van der Waals surface area contributed by atoms with Crippen LogP contribution in [0.3, 0.4) is 0 Å². The summed E-state index contributed by atoms with van der Waals surface area (Å²) in [6.07, 6.45) is 1.66. The predicted molar refractivity (Wildman–Crippen MR) is 94.6 cm³/mol. The van der Waals surface area contributed by atoms with Crippen LogP contribution in [0, 0.1) is 13.8 Å². The highest BCUT2D eigenvalue weighted by Gasteiger charge is 2.25. The Morgan fingerprint density at radius 2 is 2.08 bits per heavy atom. The third-order valence-electron chi connectivity index (χ3n) is 4.27. The van der Waals surface area contributed by atoms with Crippen LogP contribution in [0.2, 0.25) is 0 Å². The van der Waals surface area contributed by atoms with Gasteiger partial charge in [-0.2, -0.15) is 0 Å². The third-order valence-corrected chi connectivity index (χ3v) is 4.27. The number of hydrogen-bond acceptors (Lipinski definition) is 5. The number of nitrogens with zero attached hydrogens (tertiary/aromatic N) is 2. The number of morpholine rings is 1. The number of urea groups is 1. The van der Waals surface area contributed by atoms with E-state index in [-0.39, 0.29) is 12.1 Å². The molecule has 0 unspecified atom stereocenters. The van der Waals surface area contributed by atoms with E-state index in [0.717, 1.165) is 30.2 Å². The molecule has 2 aromatic rings. The van der Waals surface area contributed by atoms with E-state index in [1.54, 1.807) is 6.20 Å². The molecule has 0 radical (unpaired) electrons. The number of furan rings is 1. The summed E-state index contributed by atoms with van der Waals surface area (Å²) in [6, 6.07) is 7.37. The smallest absolute Gasteiger partial charge is 0.320 e. The average Bonchev–Trinajstić information content (AvgIpc) is 3.04. The summed E-state index contributed by atoms with van der Waals surface area (Å²) >= 11 is 0. The molecule has 3 heterocycles. The lowest BCUT2D eigenvalue weighted by Gasteiger charge is -2.33. The predicted octanol–water partition coefficient (Wildman–Crippen LogP) is 2.49. The number of ether oxygens (including phenoxy) is 1. The molecule has 0 aliphatic carbocycles. The van der Waals surface area contributed by atoms with Crippen molar-refractivity contribution in [3.63, 3.8) is 0 Å². The van der Waals surface area contributed by atoms with E-state index < -0.39 is 0 Å². The topological polar surface area (TPSA) is 79.6 Å². The summed E-state index contributed by atoms with van der Waals surface area (Å²) < 4.78 is 11.2. The quantitative estimate of drug-likeness (QED) is 0.871. The molecular weight excluding hydrogens is 320 g/mol. The van der Waals surface area contributed by atoms with Gasteiger partial charge in [-0.1, -0.05) is 6.07 Å². The van der Waals surface area contributed by atoms with Crippen molar-refractivity contribution in [1.82, 2.24) is 15.2 Å². The number of carbonyl (C=O) groups is 1. The molecule has 3 rings (SSSR count). The van der Waals surface area contributed by atoms with Crippen molar-refractivity contribution in [3.8, 4) is 0 Å². The molecule has 0 spiro atoms. The number of aromatic nitrogens is 1. The monoisotopic (exact) mass is 344 g/mol. The highest BCUT2D eigenvalue weighted by molar-refractivity contribution is 5.88. The fourth-order valence-electron chi connectivity index (χ4n) is 2.89. The summed E-state index contributed by atoms with van der Waals surface area (Å²) in [6.45, 7) is 7.28. The van der Waals surface area contributed by atoms with Crippen LogP contribution in [0.5, 0.6) is 0 Å². The van der Waals surface area contributed by atoms with Crippen molar-refractivity contribution < 1.29 is 13.9 Å². The summed E-state index contributed by atoms with van der Waals surface area (Å²) in [7, 11) is 0. The first-order chi connectivity index (χ1) is 12.1. The Labute approximate surface area is 147 Å². The zero-order valence-corrected chi connectivity index (χ0v) is 14.6. The number of pyridine rings is 1. The van der Waals surface area contributed by atoms with Crippen LogP contribution < -0.4 is 10.6 Å². The summed E-state index contributed by atoms with van der Waals surface area (Å²) in [5.41, 5.74) is 0.920. The van der Waals surface area contributed by atoms with Gasteiger partial charge >= 0.3 is 6.03 Å². The van der Waals surface area contributed by atoms with Crippen LogP contribution in [0.1, 0.15) is 23.1 Å². The molecule has 7 heteroatoms. The van der Waals surface area contributed by atoms with Gasteiger partial charge in [-0.15, -0.1) is 0 Å². The normalized spacial score (nSPS) is 16.4. The van der Waals surface area contributed by atoms with Gasteiger partial charge in [0.25, 0.3) is 0 Å². The molecule has 7 nitrogen and oxygen atoms in total. The van der Waals surface area contributed by atoms with E-state index in [9.17, 15) is 4.79 Å². The van der Waals surface area contributed by atoms with E-state index in [2.05, 4.69) is 20.5 Å². The van der Waals surface area contributed by atoms with Gasteiger partial charge in [0.1, 0.15) is 17.3 Å². The largest absolute Gasteiger partial charge is 0.465 e. The number of hydrogen-bond donors (Lipinski definition) is 2. The average molecular weight is 344 g/mol. The molecule has 25 heavy (non-hydrogen) atoms. The summed E-state index contributed by atoms with van der Waals surface area (Å²) in [5, 5.41) is 5.72. The van der Waals surface area contributed by atoms with Crippen molar-refractivity contribution >= 4 is 11.8 Å². The molecule has 1 saturated heterocycles. The van der Waals surface area contributed by atoms with Crippen LogP contribution in [-0.2, 0) is 4.74 Å². The van der Waals surface area contributed by atoms with Gasteiger partial charge in [-0.3, -0.25) is 10.2 Å². The van der Waals surface area contributed by atoms with Crippen LogP contribution in [0.15, 0.2) is 34.9 Å². The lowest BCUT2D eigenvalue weighted by molar-refractivity contribution is 0.0122. The minimum Gasteiger partial charge on any atom is -0.465 e. The summed E-state index contributed by atoms with van der Waals surface area (Å²) in [5.74, 6) is 2.28. The Bertz CT molecular complexity index is 710. The SMILES string of the molecule is Cc1ccc([C@@H](CNC(=O)Nc2ncccc2C)N2CCOCC2)o1. The van der Waals surface area contributed by atoms with E-state index in [4.69, 9.17) is 9.15 Å². The number of nitrogens with one attached hydrogen (secondary N) is 2. The fourth-order valence-corrected chi connectivity index (χ4v) is 2.89. The number of amides is 2. The van der Waals surface area contributed by atoms with Gasteiger partial charge in [-0.05, 0) is 37.6 Å². The van der Waals surface area contributed by atoms with Crippen molar-refractivity contribution in [2.45, 2.75) is 19.9 Å². The first kappa shape index (κ1) is 17.4. The van der Waals surface area contributed by atoms with Gasteiger partial charge in [0.2, 0.25) is 0 Å². The zero-order chi connectivity index (χ0) is 17.6. The zero-order valence-electron chi connectivity index (χ0n) is 14.6. The molecular formula is C18H24N4O3. The molecule has 1 fully saturated rings. The minimum absolute atomic E-state index is 0.0202. The molecule has 0 saturated carbocycles. The molecule has 2 aromatic heterocycles. The van der Waals surface area contributed by atoms with Gasteiger partial charge in [0.15, 0.2) is 0 Å². The number of aryl methyl sites for hydroxylation is 2. The Hall–Kier alpha value is -2.38. The van der Waals surface area contributed by atoms with E-state index in [1.807, 2.05) is 38.1 Å². The van der Waals surface area contributed by atoms with E-state index in [1.165, 1.54) is 0 Å². The highest BCUT2D eigenvalue weighted by atomic mass is 16.5. The van der Waals surface area contributed by atoms with Gasteiger partial charge in [0, 0.05) is 25.8 Å². The van der Waals surface area contributed by atoms with Crippen LogP contribution in [-0.4, -0.2) is 48.8 Å². The molecule has 1 aliphatic heterocycles. The minimum atomic E-state index is -0.275. The fraction of sp³-hybridized carbons (Fsp3) is 0.444. The lowest BCUT2D eigenvalue weighted by Crippen LogP contribution is -2.44. The first-order valence-corrected chi connectivity index (χ1v) is 8.48. The van der Waals surface area contributed by atoms with Crippen molar-refractivity contribution in [3.05, 3.63) is 47.5 Å². The maximum Gasteiger partial charge on any atom is 0.320 e. The van der Waals surface area contributed by atoms with E-state index >= 15 is 0 Å².